The predicted molar refractivity (Wildman–Crippen MR) is 150 cm³/mol. The molecule has 2 rings (SSSR count). The molecular weight excluding hydrogens is 490 g/mol. The van der Waals surface area contributed by atoms with E-state index in [0.717, 1.165) is 24.0 Å². The van der Waals surface area contributed by atoms with Crippen LogP contribution in [0.3, 0.4) is 0 Å². The van der Waals surface area contributed by atoms with E-state index >= 15 is 0 Å². The molecule has 0 aliphatic carbocycles. The first-order valence-corrected chi connectivity index (χ1v) is 16.3. The fourth-order valence-electron chi connectivity index (χ4n) is 4.36. The van der Waals surface area contributed by atoms with Crippen molar-refractivity contribution in [3.8, 4) is 0 Å². The third-order valence-corrected chi connectivity index (χ3v) is 9.21. The van der Waals surface area contributed by atoms with Gasteiger partial charge in [0.05, 0.1) is 21.3 Å². The number of aliphatic hydroxyl groups is 1. The second kappa shape index (κ2) is 15.0. The molecule has 1 aromatic heterocycles. The normalized spacial score (nSPS) is 13.1. The van der Waals surface area contributed by atoms with Gasteiger partial charge in [0.15, 0.2) is 15.6 Å². The van der Waals surface area contributed by atoms with Gasteiger partial charge in [-0.05, 0) is 32.4 Å². The Labute approximate surface area is 222 Å². The molecule has 0 bridgehead atoms. The monoisotopic (exact) mass is 535 g/mol. The SMILES string of the molecule is CCCCCCCCCCCCCCC(C(=O)c1ccc(S(C)(=O)=O)cc1)c1ncc(C(C)(C)O)s1. The standard InChI is InChI=1S/C29H45NO4S2/c1-5-6-7-8-9-10-11-12-13-14-15-16-17-25(28-30-22-26(35-28)29(2,3)32)27(31)23-18-20-24(21-19-23)36(4,33)34/h18-22,25,32H,5-17H2,1-4H3. The molecule has 0 saturated carbocycles. The molecule has 7 heteroatoms. The number of unbranched alkanes of at least 4 members (excludes halogenated alkanes) is 11. The average molecular weight is 536 g/mol. The first-order valence-electron chi connectivity index (χ1n) is 13.6. The van der Waals surface area contributed by atoms with Crippen LogP contribution in [0.5, 0.6) is 0 Å². The zero-order valence-electron chi connectivity index (χ0n) is 22.6. The van der Waals surface area contributed by atoms with Gasteiger partial charge in [0, 0.05) is 18.0 Å². The van der Waals surface area contributed by atoms with Crippen molar-refractivity contribution < 1.29 is 18.3 Å². The molecular formula is C29H45NO4S2. The number of sulfone groups is 1. The minimum absolute atomic E-state index is 0.0465. The van der Waals surface area contributed by atoms with Gasteiger partial charge in [0.2, 0.25) is 0 Å². The number of Topliss-reactive ketones (excluding diaryl/α,β-unsaturated/α-hetero) is 1. The first-order chi connectivity index (χ1) is 17.0. The minimum atomic E-state index is -3.31. The summed E-state index contributed by atoms with van der Waals surface area (Å²) in [5.74, 6) is -0.437. The molecule has 0 fully saturated rings. The lowest BCUT2D eigenvalue weighted by molar-refractivity contribution is 0.0823. The largest absolute Gasteiger partial charge is 0.385 e. The van der Waals surface area contributed by atoms with Crippen LogP contribution in [0, 0.1) is 0 Å². The van der Waals surface area contributed by atoms with E-state index in [1.807, 2.05) is 0 Å². The van der Waals surface area contributed by atoms with Crippen molar-refractivity contribution in [2.45, 2.75) is 121 Å². The van der Waals surface area contributed by atoms with Gasteiger partial charge in [-0.25, -0.2) is 13.4 Å². The molecule has 1 atom stereocenters. The average Bonchev–Trinajstić information content (AvgIpc) is 3.32. The summed E-state index contributed by atoms with van der Waals surface area (Å²) in [5.41, 5.74) is -0.511. The van der Waals surface area contributed by atoms with Gasteiger partial charge in [-0.15, -0.1) is 11.3 Å². The maximum Gasteiger partial charge on any atom is 0.175 e. The lowest BCUT2D eigenvalue weighted by Gasteiger charge is -2.15. The highest BCUT2D eigenvalue weighted by atomic mass is 32.2. The first kappa shape index (κ1) is 30.7. The molecule has 0 saturated heterocycles. The Kier molecular flexibility index (Phi) is 12.8. The number of nitrogens with zero attached hydrogens (tertiary/aromatic N) is 1. The van der Waals surface area contributed by atoms with E-state index in [9.17, 15) is 18.3 Å². The highest BCUT2D eigenvalue weighted by Crippen LogP contribution is 2.34. The molecule has 0 aliphatic heterocycles. The summed E-state index contributed by atoms with van der Waals surface area (Å²) in [7, 11) is -3.31. The van der Waals surface area contributed by atoms with Crippen molar-refractivity contribution in [3.63, 3.8) is 0 Å². The third-order valence-electron chi connectivity index (χ3n) is 6.65. The van der Waals surface area contributed by atoms with Gasteiger partial charge < -0.3 is 5.11 Å². The Morgan fingerprint density at radius 1 is 0.917 bits per heavy atom. The van der Waals surface area contributed by atoms with Gasteiger partial charge in [-0.1, -0.05) is 96.1 Å². The van der Waals surface area contributed by atoms with Crippen LogP contribution < -0.4 is 0 Å². The molecule has 36 heavy (non-hydrogen) atoms. The number of carbonyl (C=O) groups is 1. The van der Waals surface area contributed by atoms with Crippen LogP contribution in [0.4, 0.5) is 0 Å². The number of hydrogen-bond donors (Lipinski definition) is 1. The molecule has 0 spiro atoms. The second-order valence-corrected chi connectivity index (χ2v) is 13.6. The van der Waals surface area contributed by atoms with E-state index in [4.69, 9.17) is 0 Å². The quantitative estimate of drug-likeness (QED) is 0.155. The fraction of sp³-hybridized carbons (Fsp3) is 0.655. The minimum Gasteiger partial charge on any atom is -0.385 e. The molecule has 0 radical (unpaired) electrons. The topological polar surface area (TPSA) is 84.3 Å². The smallest absolute Gasteiger partial charge is 0.175 e. The van der Waals surface area contributed by atoms with Gasteiger partial charge in [-0.2, -0.15) is 0 Å². The van der Waals surface area contributed by atoms with E-state index < -0.39 is 21.4 Å². The van der Waals surface area contributed by atoms with Crippen LogP contribution >= 0.6 is 11.3 Å². The van der Waals surface area contributed by atoms with Gasteiger partial charge in [0.25, 0.3) is 0 Å². The summed E-state index contributed by atoms with van der Waals surface area (Å²) in [5, 5.41) is 11.1. The lowest BCUT2D eigenvalue weighted by Crippen LogP contribution is -2.14. The van der Waals surface area contributed by atoms with Crippen LogP contribution in [-0.4, -0.2) is 30.5 Å². The van der Waals surface area contributed by atoms with Crippen molar-refractivity contribution in [3.05, 3.63) is 45.9 Å². The van der Waals surface area contributed by atoms with Gasteiger partial charge in [-0.3, -0.25) is 4.79 Å². The van der Waals surface area contributed by atoms with Crippen LogP contribution in [0.15, 0.2) is 35.4 Å². The molecule has 0 aliphatic rings. The molecule has 0 amide bonds. The third kappa shape index (κ3) is 10.4. The van der Waals surface area contributed by atoms with Crippen LogP contribution in [-0.2, 0) is 15.4 Å². The van der Waals surface area contributed by atoms with Gasteiger partial charge in [0.1, 0.15) is 5.01 Å². The number of thiazole rings is 1. The van der Waals surface area contributed by atoms with Crippen molar-refractivity contribution in [1.29, 1.82) is 0 Å². The summed E-state index contributed by atoms with van der Waals surface area (Å²) in [4.78, 5) is 18.9. The number of aromatic nitrogens is 1. The van der Waals surface area contributed by atoms with Crippen molar-refractivity contribution >= 4 is 27.0 Å². The van der Waals surface area contributed by atoms with Crippen LogP contribution in [0.1, 0.15) is 130 Å². The van der Waals surface area contributed by atoms with Crippen molar-refractivity contribution in [2.24, 2.45) is 0 Å². The van der Waals surface area contributed by atoms with E-state index in [1.54, 1.807) is 32.2 Å². The van der Waals surface area contributed by atoms with E-state index in [1.165, 1.54) is 87.7 Å². The zero-order valence-corrected chi connectivity index (χ0v) is 24.2. The summed E-state index contributed by atoms with van der Waals surface area (Å²) in [6.07, 6.45) is 18.6. The number of rotatable bonds is 18. The molecule has 1 aromatic carbocycles. The number of carbonyl (C=O) groups excluding carboxylic acids is 1. The number of ketones is 1. The molecule has 5 nitrogen and oxygen atoms in total. The Bertz CT molecular complexity index is 1020. The van der Waals surface area contributed by atoms with E-state index in [-0.39, 0.29) is 10.7 Å². The van der Waals surface area contributed by atoms with E-state index in [2.05, 4.69) is 11.9 Å². The summed E-state index contributed by atoms with van der Waals surface area (Å²) in [6.45, 7) is 5.69. The summed E-state index contributed by atoms with van der Waals surface area (Å²) < 4.78 is 23.6. The van der Waals surface area contributed by atoms with Gasteiger partial charge >= 0.3 is 0 Å². The van der Waals surface area contributed by atoms with Crippen LogP contribution in [0.2, 0.25) is 0 Å². The lowest BCUT2D eigenvalue weighted by atomic mass is 9.92. The Balaban J connectivity index is 1.92. The number of benzene rings is 1. The molecule has 2 aromatic rings. The molecule has 1 unspecified atom stereocenters. The van der Waals surface area contributed by atoms with E-state index in [0.29, 0.717) is 17.0 Å². The highest BCUT2D eigenvalue weighted by molar-refractivity contribution is 7.90. The molecule has 1 heterocycles. The fourth-order valence-corrected chi connectivity index (χ4v) is 6.04. The van der Waals surface area contributed by atoms with Crippen molar-refractivity contribution in [2.75, 3.05) is 6.26 Å². The Morgan fingerprint density at radius 3 is 1.86 bits per heavy atom. The second-order valence-electron chi connectivity index (χ2n) is 10.5. The Morgan fingerprint density at radius 2 is 1.42 bits per heavy atom. The van der Waals surface area contributed by atoms with Crippen molar-refractivity contribution in [1.82, 2.24) is 4.98 Å². The molecule has 1 N–H and O–H groups in total. The predicted octanol–water partition coefficient (Wildman–Crippen LogP) is 7.83. The Hall–Kier alpha value is -1.57. The number of hydrogen-bond acceptors (Lipinski definition) is 6. The zero-order chi connectivity index (χ0) is 26.6. The maximum atomic E-state index is 13.5. The highest BCUT2D eigenvalue weighted by Gasteiger charge is 2.28. The molecule has 202 valence electrons. The maximum absolute atomic E-state index is 13.5. The summed E-state index contributed by atoms with van der Waals surface area (Å²) in [6, 6.07) is 6.18. The summed E-state index contributed by atoms with van der Waals surface area (Å²) >= 11 is 1.38. The van der Waals surface area contributed by atoms with Crippen LogP contribution in [0.25, 0.3) is 0 Å².